The van der Waals surface area contributed by atoms with Crippen molar-refractivity contribution in [1.82, 2.24) is 9.97 Å². The Bertz CT molecular complexity index is 1290. The van der Waals surface area contributed by atoms with E-state index in [1.165, 1.54) is 0 Å². The number of anilines is 2. The van der Waals surface area contributed by atoms with Crippen LogP contribution in [0.5, 0.6) is 0 Å². The fourth-order valence-corrected chi connectivity index (χ4v) is 3.07. The van der Waals surface area contributed by atoms with Gasteiger partial charge < -0.3 is 14.7 Å². The Morgan fingerprint density at radius 1 is 0.880 bits per heavy atom. The molecule has 0 aliphatic rings. The molecule has 2 heterocycles. The van der Waals surface area contributed by atoms with E-state index >= 15 is 0 Å². The Kier molecular flexibility index (Phi) is 2.87. The maximum Gasteiger partial charge on any atom is 0.291 e. The Morgan fingerprint density at radius 2 is 1.68 bits per heavy atom. The van der Waals surface area contributed by atoms with Crippen LogP contribution in [0.4, 0.5) is 11.5 Å². The summed E-state index contributed by atoms with van der Waals surface area (Å²) in [7, 11) is 0. The minimum atomic E-state index is -0.271. The minimum absolute atomic E-state index is 0.242. The van der Waals surface area contributed by atoms with Crippen LogP contribution in [-0.2, 0) is 0 Å². The SMILES string of the molecule is O=c1[nH]c2ccc3c4ccccc4oc3c2nc1Nc1ccccc1. The van der Waals surface area contributed by atoms with Crippen molar-refractivity contribution in [2.75, 3.05) is 5.32 Å². The molecule has 3 aromatic carbocycles. The van der Waals surface area contributed by atoms with E-state index in [-0.39, 0.29) is 11.4 Å². The van der Waals surface area contributed by atoms with E-state index in [1.54, 1.807) is 0 Å². The molecule has 2 N–H and O–H groups in total. The van der Waals surface area contributed by atoms with E-state index in [2.05, 4.69) is 15.3 Å². The number of hydrogen-bond acceptors (Lipinski definition) is 4. The zero-order valence-electron chi connectivity index (χ0n) is 13.1. The van der Waals surface area contributed by atoms with Gasteiger partial charge in [0.05, 0.1) is 5.52 Å². The first-order valence-electron chi connectivity index (χ1n) is 7.96. The van der Waals surface area contributed by atoms with Crippen LogP contribution in [0.3, 0.4) is 0 Å². The van der Waals surface area contributed by atoms with Crippen molar-refractivity contribution in [2.45, 2.75) is 0 Å². The number of fused-ring (bicyclic) bond motifs is 5. The zero-order valence-corrected chi connectivity index (χ0v) is 13.1. The summed E-state index contributed by atoms with van der Waals surface area (Å²) in [6.45, 7) is 0. The number of nitrogens with one attached hydrogen (secondary N) is 2. The first kappa shape index (κ1) is 13.8. The minimum Gasteiger partial charge on any atom is -0.454 e. The van der Waals surface area contributed by atoms with Crippen LogP contribution in [0.15, 0.2) is 75.9 Å². The Balaban J connectivity index is 1.78. The summed E-state index contributed by atoms with van der Waals surface area (Å²) in [5, 5.41) is 5.08. The monoisotopic (exact) mass is 327 g/mol. The number of hydrogen-bond donors (Lipinski definition) is 2. The molecule has 5 rings (SSSR count). The zero-order chi connectivity index (χ0) is 16.8. The highest BCUT2D eigenvalue weighted by Crippen LogP contribution is 2.32. The van der Waals surface area contributed by atoms with Gasteiger partial charge in [-0.15, -0.1) is 0 Å². The summed E-state index contributed by atoms with van der Waals surface area (Å²) in [4.78, 5) is 19.8. The predicted molar refractivity (Wildman–Crippen MR) is 99.4 cm³/mol. The Morgan fingerprint density at radius 3 is 2.56 bits per heavy atom. The topological polar surface area (TPSA) is 70.9 Å². The largest absolute Gasteiger partial charge is 0.454 e. The van der Waals surface area contributed by atoms with Crippen molar-refractivity contribution in [1.29, 1.82) is 0 Å². The molecule has 0 radical (unpaired) electrons. The maximum absolute atomic E-state index is 12.3. The average Bonchev–Trinajstić information content (AvgIpc) is 3.02. The average molecular weight is 327 g/mol. The van der Waals surface area contributed by atoms with Gasteiger partial charge in [-0.25, -0.2) is 4.98 Å². The molecular weight excluding hydrogens is 314 g/mol. The summed E-state index contributed by atoms with van der Waals surface area (Å²) in [6, 6.07) is 21.1. The van der Waals surface area contributed by atoms with E-state index in [9.17, 15) is 4.79 Å². The molecule has 2 aromatic heterocycles. The number of para-hydroxylation sites is 2. The van der Waals surface area contributed by atoms with E-state index in [1.807, 2.05) is 66.7 Å². The van der Waals surface area contributed by atoms with Crippen LogP contribution in [0.2, 0.25) is 0 Å². The number of nitrogens with zero attached hydrogens (tertiary/aromatic N) is 1. The number of H-pyrrole nitrogens is 1. The summed E-state index contributed by atoms with van der Waals surface area (Å²) < 4.78 is 6.00. The summed E-state index contributed by atoms with van der Waals surface area (Å²) >= 11 is 0. The molecule has 0 saturated carbocycles. The van der Waals surface area contributed by atoms with Crippen molar-refractivity contribution in [3.8, 4) is 0 Å². The van der Waals surface area contributed by atoms with Crippen molar-refractivity contribution >= 4 is 44.5 Å². The van der Waals surface area contributed by atoms with Crippen LogP contribution < -0.4 is 10.9 Å². The lowest BCUT2D eigenvalue weighted by atomic mass is 10.1. The van der Waals surface area contributed by atoms with Crippen LogP contribution in [0.25, 0.3) is 33.0 Å². The van der Waals surface area contributed by atoms with Crippen LogP contribution >= 0.6 is 0 Å². The Labute approximate surface area is 141 Å². The molecule has 0 aliphatic heterocycles. The lowest BCUT2D eigenvalue weighted by Gasteiger charge is -2.06. The third kappa shape index (κ3) is 2.17. The second-order valence-corrected chi connectivity index (χ2v) is 5.84. The molecule has 0 aliphatic carbocycles. The molecule has 0 amide bonds. The normalized spacial score (nSPS) is 11.4. The van der Waals surface area contributed by atoms with Gasteiger partial charge in [0.25, 0.3) is 5.56 Å². The number of benzene rings is 3. The molecule has 0 bridgehead atoms. The lowest BCUT2D eigenvalue weighted by molar-refractivity contribution is 0.671. The van der Waals surface area contributed by atoms with Gasteiger partial charge in [-0.2, -0.15) is 0 Å². The van der Waals surface area contributed by atoms with Gasteiger partial charge in [-0.1, -0.05) is 36.4 Å². The molecule has 5 nitrogen and oxygen atoms in total. The van der Waals surface area contributed by atoms with Gasteiger partial charge in [0.2, 0.25) is 0 Å². The summed E-state index contributed by atoms with van der Waals surface area (Å²) in [5.74, 6) is 0.242. The first-order valence-corrected chi connectivity index (χ1v) is 7.96. The van der Waals surface area contributed by atoms with Crippen LogP contribution in [0.1, 0.15) is 0 Å². The highest BCUT2D eigenvalue weighted by Gasteiger charge is 2.13. The molecule has 0 fully saturated rings. The quantitative estimate of drug-likeness (QED) is 0.498. The number of rotatable bonds is 2. The predicted octanol–water partition coefficient (Wildman–Crippen LogP) is 4.57. The molecule has 5 aromatic rings. The third-order valence-electron chi connectivity index (χ3n) is 4.24. The van der Waals surface area contributed by atoms with Gasteiger partial charge in [-0.3, -0.25) is 4.79 Å². The molecule has 5 heteroatoms. The molecular formula is C20H13N3O2. The molecule has 25 heavy (non-hydrogen) atoms. The number of aromatic nitrogens is 2. The van der Waals surface area contributed by atoms with Gasteiger partial charge in [0.15, 0.2) is 11.4 Å². The molecule has 0 saturated heterocycles. The lowest BCUT2D eigenvalue weighted by Crippen LogP contribution is -2.13. The highest BCUT2D eigenvalue weighted by atomic mass is 16.3. The molecule has 0 spiro atoms. The third-order valence-corrected chi connectivity index (χ3v) is 4.24. The van der Waals surface area contributed by atoms with Gasteiger partial charge in [0.1, 0.15) is 11.1 Å². The Hall–Kier alpha value is -3.60. The van der Waals surface area contributed by atoms with E-state index in [0.717, 1.165) is 22.0 Å². The molecule has 0 atom stereocenters. The van der Waals surface area contributed by atoms with Crippen LogP contribution in [-0.4, -0.2) is 9.97 Å². The van der Waals surface area contributed by atoms with Crippen molar-refractivity contribution in [3.63, 3.8) is 0 Å². The second kappa shape index (κ2) is 5.21. The van der Waals surface area contributed by atoms with E-state index in [0.29, 0.717) is 16.6 Å². The van der Waals surface area contributed by atoms with Crippen molar-refractivity contribution in [2.24, 2.45) is 0 Å². The maximum atomic E-state index is 12.3. The molecule has 0 unspecified atom stereocenters. The van der Waals surface area contributed by atoms with Gasteiger partial charge in [0, 0.05) is 16.5 Å². The van der Waals surface area contributed by atoms with Crippen LogP contribution in [0, 0.1) is 0 Å². The number of aromatic amines is 1. The van der Waals surface area contributed by atoms with E-state index < -0.39 is 0 Å². The van der Waals surface area contributed by atoms with E-state index in [4.69, 9.17) is 4.42 Å². The second-order valence-electron chi connectivity index (χ2n) is 5.84. The fraction of sp³-hybridized carbons (Fsp3) is 0. The number of furan rings is 1. The van der Waals surface area contributed by atoms with Crippen molar-refractivity contribution < 1.29 is 4.42 Å². The summed E-state index contributed by atoms with van der Waals surface area (Å²) in [5.41, 5.74) is 3.28. The smallest absolute Gasteiger partial charge is 0.291 e. The summed E-state index contributed by atoms with van der Waals surface area (Å²) in [6.07, 6.45) is 0. The van der Waals surface area contributed by atoms with Gasteiger partial charge in [-0.05, 0) is 30.3 Å². The fourth-order valence-electron chi connectivity index (χ4n) is 3.07. The standard InChI is InChI=1S/C20H13N3O2/c24-20-19(21-12-6-2-1-3-7-12)23-17-15(22-20)11-10-14-13-8-4-5-9-16(13)25-18(14)17/h1-11H,(H,21,23)(H,22,24). The molecule has 120 valence electrons. The van der Waals surface area contributed by atoms with Crippen molar-refractivity contribution in [3.05, 3.63) is 77.1 Å². The highest BCUT2D eigenvalue weighted by molar-refractivity contribution is 6.13. The first-order chi connectivity index (χ1) is 12.3. The van der Waals surface area contributed by atoms with Gasteiger partial charge >= 0.3 is 0 Å².